The topological polar surface area (TPSA) is 18.5 Å². The molecule has 0 spiro atoms. The molecule has 0 heterocycles. The molecule has 2 atom stereocenters. The fourth-order valence-electron chi connectivity index (χ4n) is 2.10. The average molecular weight is 636 g/mol. The standard InChI is InChI=1S/C17H22O2P2Se4/c1-3-18-20(22,16-11-7-5-8-12-16)24-15-25-21(23,19-4-2)17-13-9-6-10-14-17/h5-14H,3-4,15H2,1-2H3. The van der Waals surface area contributed by atoms with Crippen molar-refractivity contribution in [2.24, 2.45) is 0 Å². The van der Waals surface area contributed by atoms with Crippen molar-refractivity contribution in [2.75, 3.05) is 13.2 Å². The van der Waals surface area contributed by atoms with Crippen molar-refractivity contribution < 1.29 is 9.05 Å². The van der Waals surface area contributed by atoms with Crippen LogP contribution in [0.4, 0.5) is 0 Å². The van der Waals surface area contributed by atoms with Gasteiger partial charge in [0.1, 0.15) is 0 Å². The number of benzene rings is 2. The minimum atomic E-state index is -1.62. The maximum absolute atomic E-state index is 6.25. The van der Waals surface area contributed by atoms with Crippen LogP contribution < -0.4 is 10.6 Å². The summed E-state index contributed by atoms with van der Waals surface area (Å²) in [5.41, 5.74) is 0. The van der Waals surface area contributed by atoms with Crippen LogP contribution >= 0.6 is 8.85 Å². The molecular formula is C17H22O2P2Se4. The van der Waals surface area contributed by atoms with Gasteiger partial charge in [0.2, 0.25) is 0 Å². The van der Waals surface area contributed by atoms with E-state index in [9.17, 15) is 0 Å². The van der Waals surface area contributed by atoms with Crippen LogP contribution in [0.2, 0.25) is 4.22 Å². The van der Waals surface area contributed by atoms with Gasteiger partial charge >= 0.3 is 180 Å². The summed E-state index contributed by atoms with van der Waals surface area (Å²) in [6, 6.07) is 21.4. The molecule has 8 heteroatoms. The fourth-order valence-corrected chi connectivity index (χ4v) is 44.6. The molecule has 2 unspecified atom stereocenters. The third kappa shape index (κ3) is 6.69. The van der Waals surface area contributed by atoms with Crippen LogP contribution in [0.25, 0.3) is 0 Å². The van der Waals surface area contributed by atoms with Crippen LogP contribution in [0.15, 0.2) is 60.7 Å². The first-order valence-corrected chi connectivity index (χ1v) is 22.6. The van der Waals surface area contributed by atoms with Gasteiger partial charge in [-0.05, 0) is 0 Å². The van der Waals surface area contributed by atoms with Crippen LogP contribution in [-0.2, 0) is 9.05 Å². The Morgan fingerprint density at radius 2 is 1.08 bits per heavy atom. The Kier molecular flexibility index (Phi) is 10.2. The van der Waals surface area contributed by atoms with Crippen molar-refractivity contribution in [2.45, 2.75) is 18.1 Å². The Hall–Kier alpha value is 1.30. The Morgan fingerprint density at radius 1 is 0.720 bits per heavy atom. The SMILES string of the molecule is CCOP(=[Se])([Se]C[Se]P(=[Se])(OCC)c1ccccc1)c1ccccc1. The molecule has 2 aromatic rings. The Bertz CT molecular complexity index is 677. The van der Waals surface area contributed by atoms with E-state index >= 15 is 0 Å². The maximum atomic E-state index is 6.25. The second-order valence-corrected chi connectivity index (χ2v) is 35.2. The van der Waals surface area contributed by atoms with Gasteiger partial charge in [-0.25, -0.2) is 0 Å². The van der Waals surface area contributed by atoms with Gasteiger partial charge in [0, 0.05) is 0 Å². The molecule has 0 fully saturated rings. The van der Waals surface area contributed by atoms with Crippen LogP contribution in [0, 0.1) is 0 Å². The summed E-state index contributed by atoms with van der Waals surface area (Å²) in [6.45, 7) is 5.69. The van der Waals surface area contributed by atoms with E-state index in [0.29, 0.717) is 29.0 Å². The molecule has 25 heavy (non-hydrogen) atoms. The van der Waals surface area contributed by atoms with Crippen molar-refractivity contribution >= 4 is 78.7 Å². The molecule has 2 aromatic carbocycles. The third-order valence-electron chi connectivity index (χ3n) is 3.19. The normalized spacial score (nSPS) is 16.1. The summed E-state index contributed by atoms with van der Waals surface area (Å²) < 4.78 is 10.5. The van der Waals surface area contributed by atoms with Crippen molar-refractivity contribution in [1.82, 2.24) is 0 Å². The first-order valence-electron chi connectivity index (χ1n) is 7.93. The molecule has 0 aliphatic heterocycles. The summed E-state index contributed by atoms with van der Waals surface area (Å²) in [5.74, 6) is 0. The number of hydrogen-bond acceptors (Lipinski definition) is 2. The zero-order chi connectivity index (χ0) is 18.2. The molecular weight excluding hydrogens is 614 g/mol. The number of hydrogen-bond donors (Lipinski definition) is 0. The van der Waals surface area contributed by atoms with Gasteiger partial charge in [-0.3, -0.25) is 0 Å². The first-order chi connectivity index (χ1) is 12.0. The summed E-state index contributed by atoms with van der Waals surface area (Å²) >= 11 is 7.72. The summed E-state index contributed by atoms with van der Waals surface area (Å²) in [5, 5.41) is 2.68. The molecule has 0 N–H and O–H groups in total. The molecule has 0 aromatic heterocycles. The second-order valence-electron chi connectivity index (χ2n) is 4.88. The van der Waals surface area contributed by atoms with E-state index < -0.39 is 8.85 Å². The molecule has 2 rings (SSSR count). The van der Waals surface area contributed by atoms with Gasteiger partial charge in [0.25, 0.3) is 0 Å². The van der Waals surface area contributed by atoms with Crippen molar-refractivity contribution in [3.63, 3.8) is 0 Å². The summed E-state index contributed by atoms with van der Waals surface area (Å²) in [7, 11) is 0. The molecule has 0 aliphatic rings. The fraction of sp³-hybridized carbons (Fsp3) is 0.294. The average Bonchev–Trinajstić information content (AvgIpc) is 2.64. The Morgan fingerprint density at radius 3 is 1.40 bits per heavy atom. The summed E-state index contributed by atoms with van der Waals surface area (Å²) in [6.07, 6.45) is 0. The van der Waals surface area contributed by atoms with Gasteiger partial charge < -0.3 is 0 Å². The second kappa shape index (κ2) is 11.3. The van der Waals surface area contributed by atoms with Crippen LogP contribution in [-0.4, -0.2) is 72.4 Å². The van der Waals surface area contributed by atoms with Crippen molar-refractivity contribution in [3.8, 4) is 0 Å². The van der Waals surface area contributed by atoms with E-state index in [0.717, 1.165) is 13.2 Å². The van der Waals surface area contributed by atoms with E-state index in [-0.39, 0.29) is 0 Å². The zero-order valence-electron chi connectivity index (χ0n) is 14.2. The Labute approximate surface area is 178 Å². The molecule has 136 valence electrons. The van der Waals surface area contributed by atoms with Crippen LogP contribution in [0.3, 0.4) is 0 Å². The minimum absolute atomic E-state index is 0.408. The molecule has 0 amide bonds. The molecule has 2 nitrogen and oxygen atoms in total. The molecule has 0 aliphatic carbocycles. The monoisotopic (exact) mass is 640 g/mol. The van der Waals surface area contributed by atoms with Gasteiger partial charge in [0.15, 0.2) is 0 Å². The quantitative estimate of drug-likeness (QED) is 0.295. The zero-order valence-corrected chi connectivity index (χ0v) is 22.9. The van der Waals surface area contributed by atoms with E-state index in [1.54, 1.807) is 0 Å². The molecule has 0 saturated heterocycles. The van der Waals surface area contributed by atoms with E-state index in [1.165, 1.54) is 14.8 Å². The van der Waals surface area contributed by atoms with E-state index in [1.807, 2.05) is 0 Å². The molecule has 0 bridgehead atoms. The van der Waals surface area contributed by atoms with Gasteiger partial charge in [0.05, 0.1) is 0 Å². The predicted molar refractivity (Wildman–Crippen MR) is 117 cm³/mol. The van der Waals surface area contributed by atoms with Crippen molar-refractivity contribution in [3.05, 3.63) is 60.7 Å². The predicted octanol–water partition coefficient (Wildman–Crippen LogP) is 3.36. The van der Waals surface area contributed by atoms with E-state index in [2.05, 4.69) is 105 Å². The van der Waals surface area contributed by atoms with Crippen LogP contribution in [0.5, 0.6) is 0 Å². The first kappa shape index (κ1) is 22.6. The molecule has 0 radical (unpaired) electrons. The Balaban J connectivity index is 2.12. The molecule has 0 saturated carbocycles. The van der Waals surface area contributed by atoms with Crippen LogP contribution in [0.1, 0.15) is 13.8 Å². The van der Waals surface area contributed by atoms with Crippen molar-refractivity contribution in [1.29, 1.82) is 0 Å². The number of rotatable bonds is 10. The third-order valence-corrected chi connectivity index (χ3v) is 34.5. The van der Waals surface area contributed by atoms with Gasteiger partial charge in [-0.2, -0.15) is 0 Å². The van der Waals surface area contributed by atoms with Gasteiger partial charge in [-0.15, -0.1) is 0 Å². The summed E-state index contributed by atoms with van der Waals surface area (Å²) in [4.78, 5) is 0. The van der Waals surface area contributed by atoms with E-state index in [4.69, 9.17) is 9.05 Å². The van der Waals surface area contributed by atoms with Gasteiger partial charge in [-0.1, -0.05) is 0 Å².